The first-order valence-corrected chi connectivity index (χ1v) is 8.88. The lowest BCUT2D eigenvalue weighted by atomic mass is 9.70. The van der Waals surface area contributed by atoms with Crippen molar-refractivity contribution in [1.29, 1.82) is 0 Å². The van der Waals surface area contributed by atoms with Crippen LogP contribution in [0.4, 0.5) is 0 Å². The number of nitrogens with one attached hydrogen (secondary N) is 1. The highest BCUT2D eigenvalue weighted by molar-refractivity contribution is 4.84. The highest BCUT2D eigenvalue weighted by atomic mass is 16.3. The van der Waals surface area contributed by atoms with Crippen LogP contribution in [0.15, 0.2) is 0 Å². The van der Waals surface area contributed by atoms with Crippen molar-refractivity contribution >= 4 is 0 Å². The zero-order valence-corrected chi connectivity index (χ0v) is 13.8. The van der Waals surface area contributed by atoms with Crippen LogP contribution in [-0.4, -0.2) is 23.8 Å². The van der Waals surface area contributed by atoms with Crippen molar-refractivity contribution < 1.29 is 5.11 Å². The van der Waals surface area contributed by atoms with E-state index >= 15 is 0 Å². The number of hydrogen-bond acceptors (Lipinski definition) is 2. The van der Waals surface area contributed by atoms with E-state index < -0.39 is 0 Å². The largest absolute Gasteiger partial charge is 0.392 e. The first-order chi connectivity index (χ1) is 9.47. The average molecular weight is 281 g/mol. The molecule has 2 fully saturated rings. The minimum atomic E-state index is -0.108. The van der Waals surface area contributed by atoms with Gasteiger partial charge in [-0.3, -0.25) is 0 Å². The quantitative estimate of drug-likeness (QED) is 0.763. The van der Waals surface area contributed by atoms with Gasteiger partial charge in [-0.2, -0.15) is 0 Å². The molecular weight excluding hydrogens is 246 g/mol. The first-order valence-electron chi connectivity index (χ1n) is 8.88. The summed E-state index contributed by atoms with van der Waals surface area (Å²) in [4.78, 5) is 0. The molecule has 118 valence electrons. The van der Waals surface area contributed by atoms with Gasteiger partial charge in [-0.25, -0.2) is 0 Å². The van der Waals surface area contributed by atoms with Crippen LogP contribution in [0.3, 0.4) is 0 Å². The molecule has 2 nitrogen and oxygen atoms in total. The third kappa shape index (κ3) is 4.73. The number of rotatable bonds is 3. The molecule has 0 aliphatic heterocycles. The Hall–Kier alpha value is -0.0800. The van der Waals surface area contributed by atoms with E-state index in [9.17, 15) is 5.11 Å². The Morgan fingerprint density at radius 1 is 0.900 bits per heavy atom. The molecule has 0 bridgehead atoms. The fraction of sp³-hybridized carbons (Fsp3) is 1.00. The van der Waals surface area contributed by atoms with E-state index in [0.29, 0.717) is 11.5 Å². The van der Waals surface area contributed by atoms with Crippen LogP contribution in [0.1, 0.15) is 78.6 Å². The molecule has 2 heteroatoms. The lowest BCUT2D eigenvalue weighted by molar-refractivity contribution is 0.109. The molecule has 2 aliphatic carbocycles. The van der Waals surface area contributed by atoms with Crippen LogP contribution in [0.2, 0.25) is 0 Å². The van der Waals surface area contributed by atoms with Crippen LogP contribution in [0, 0.1) is 17.3 Å². The van der Waals surface area contributed by atoms with Crippen molar-refractivity contribution in [2.24, 2.45) is 17.3 Å². The van der Waals surface area contributed by atoms with Gasteiger partial charge >= 0.3 is 0 Å². The Morgan fingerprint density at radius 2 is 1.55 bits per heavy atom. The van der Waals surface area contributed by atoms with Gasteiger partial charge in [0.05, 0.1) is 6.10 Å². The van der Waals surface area contributed by atoms with E-state index in [4.69, 9.17) is 0 Å². The molecule has 0 saturated heterocycles. The van der Waals surface area contributed by atoms with Crippen molar-refractivity contribution in [2.75, 3.05) is 6.54 Å². The van der Waals surface area contributed by atoms with Crippen LogP contribution in [0.5, 0.6) is 0 Å². The molecule has 2 N–H and O–H groups in total. The van der Waals surface area contributed by atoms with Crippen molar-refractivity contribution in [1.82, 2.24) is 5.32 Å². The topological polar surface area (TPSA) is 32.3 Å². The molecule has 0 aromatic heterocycles. The fourth-order valence-corrected chi connectivity index (χ4v) is 4.08. The zero-order chi connectivity index (χ0) is 14.6. The molecule has 2 unspecified atom stereocenters. The predicted molar refractivity (Wildman–Crippen MR) is 85.8 cm³/mol. The minimum absolute atomic E-state index is 0.108. The summed E-state index contributed by atoms with van der Waals surface area (Å²) in [6, 6.07) is 0.359. The standard InChI is InChI=1S/C18H35NO/c1-18(2,3)15-11-9-14(10-12-15)13-19-16-7-5-4-6-8-17(16)20/h14-17,19-20H,4-13H2,1-3H3. The summed E-state index contributed by atoms with van der Waals surface area (Å²) in [6.45, 7) is 8.28. The van der Waals surface area contributed by atoms with E-state index in [-0.39, 0.29) is 6.10 Å². The molecule has 0 spiro atoms. The van der Waals surface area contributed by atoms with Crippen molar-refractivity contribution in [3.63, 3.8) is 0 Å². The lowest BCUT2D eigenvalue weighted by Gasteiger charge is -2.37. The molecule has 2 rings (SSSR count). The molecule has 2 aliphatic rings. The first kappa shape index (κ1) is 16.3. The van der Waals surface area contributed by atoms with Crippen LogP contribution in [-0.2, 0) is 0 Å². The van der Waals surface area contributed by atoms with E-state index in [1.165, 1.54) is 51.4 Å². The highest BCUT2D eigenvalue weighted by Crippen LogP contribution is 2.39. The van der Waals surface area contributed by atoms with Crippen molar-refractivity contribution in [2.45, 2.75) is 90.7 Å². The van der Waals surface area contributed by atoms with Crippen LogP contribution >= 0.6 is 0 Å². The van der Waals surface area contributed by atoms with Crippen LogP contribution in [0.25, 0.3) is 0 Å². The van der Waals surface area contributed by atoms with Crippen molar-refractivity contribution in [3.8, 4) is 0 Å². The maximum atomic E-state index is 10.2. The smallest absolute Gasteiger partial charge is 0.0693 e. The summed E-state index contributed by atoms with van der Waals surface area (Å²) in [7, 11) is 0. The molecular formula is C18H35NO. The molecule has 20 heavy (non-hydrogen) atoms. The lowest BCUT2D eigenvalue weighted by Crippen LogP contribution is -2.42. The molecule has 2 atom stereocenters. The van der Waals surface area contributed by atoms with Gasteiger partial charge in [0.2, 0.25) is 0 Å². The second kappa shape index (κ2) is 7.26. The Bertz CT molecular complexity index is 276. The van der Waals surface area contributed by atoms with E-state index in [0.717, 1.165) is 24.8 Å². The number of hydrogen-bond donors (Lipinski definition) is 2. The Balaban J connectivity index is 1.70. The summed E-state index contributed by atoms with van der Waals surface area (Å²) in [6.07, 6.45) is 11.4. The Labute approximate surface area is 125 Å². The van der Waals surface area contributed by atoms with E-state index in [1.54, 1.807) is 0 Å². The van der Waals surface area contributed by atoms with Gasteiger partial charge in [0.1, 0.15) is 0 Å². The Morgan fingerprint density at radius 3 is 2.20 bits per heavy atom. The molecule has 0 aromatic carbocycles. The summed E-state index contributed by atoms with van der Waals surface area (Å²) in [5.74, 6) is 1.74. The maximum Gasteiger partial charge on any atom is 0.0693 e. The second-order valence-electron chi connectivity index (χ2n) is 8.30. The van der Waals surface area contributed by atoms with Gasteiger partial charge in [-0.05, 0) is 62.3 Å². The molecule has 0 radical (unpaired) electrons. The van der Waals surface area contributed by atoms with E-state index in [2.05, 4.69) is 26.1 Å². The van der Waals surface area contributed by atoms with Gasteiger partial charge in [0.25, 0.3) is 0 Å². The van der Waals surface area contributed by atoms with Crippen LogP contribution < -0.4 is 5.32 Å². The molecule has 0 amide bonds. The monoisotopic (exact) mass is 281 g/mol. The van der Waals surface area contributed by atoms with E-state index in [1.807, 2.05) is 0 Å². The normalized spacial score (nSPS) is 36.6. The summed E-state index contributed by atoms with van der Waals surface area (Å²) in [5, 5.41) is 13.8. The molecule has 0 heterocycles. The molecule has 2 saturated carbocycles. The third-order valence-electron chi connectivity index (χ3n) is 5.72. The highest BCUT2D eigenvalue weighted by Gasteiger charge is 2.30. The average Bonchev–Trinajstić information content (AvgIpc) is 2.61. The van der Waals surface area contributed by atoms with Gasteiger partial charge in [0, 0.05) is 6.04 Å². The maximum absolute atomic E-state index is 10.2. The minimum Gasteiger partial charge on any atom is -0.392 e. The van der Waals surface area contributed by atoms with Gasteiger partial charge in [0.15, 0.2) is 0 Å². The number of aliphatic hydroxyl groups excluding tert-OH is 1. The van der Waals surface area contributed by atoms with Gasteiger partial charge in [-0.15, -0.1) is 0 Å². The van der Waals surface area contributed by atoms with Gasteiger partial charge < -0.3 is 10.4 Å². The van der Waals surface area contributed by atoms with Gasteiger partial charge in [-0.1, -0.05) is 40.0 Å². The molecule has 0 aromatic rings. The predicted octanol–water partition coefficient (Wildman–Crippen LogP) is 4.12. The number of aliphatic hydroxyl groups is 1. The summed E-state index contributed by atoms with van der Waals surface area (Å²) < 4.78 is 0. The summed E-state index contributed by atoms with van der Waals surface area (Å²) in [5.41, 5.74) is 0.482. The summed E-state index contributed by atoms with van der Waals surface area (Å²) >= 11 is 0. The Kier molecular flexibility index (Phi) is 5.92. The van der Waals surface area contributed by atoms with Crippen molar-refractivity contribution in [3.05, 3.63) is 0 Å². The second-order valence-corrected chi connectivity index (χ2v) is 8.30. The SMILES string of the molecule is CC(C)(C)C1CCC(CNC2CCCCCC2O)CC1. The third-order valence-corrected chi connectivity index (χ3v) is 5.72. The fourth-order valence-electron chi connectivity index (χ4n) is 4.08. The zero-order valence-electron chi connectivity index (χ0n) is 13.8.